The normalized spacial score (nSPS) is 15.0. The molecule has 0 spiro atoms. The number of hydrogen-bond acceptors (Lipinski definition) is 7. The SMILES string of the molecule is COc1cc(N=NC2=IN(C)C=CN2C)c(OC)cc1N. The Morgan fingerprint density at radius 2 is 1.76 bits per heavy atom. The van der Waals surface area contributed by atoms with Crippen LogP contribution in [0.15, 0.2) is 34.8 Å². The Balaban J connectivity index is 2.32. The fourth-order valence-corrected chi connectivity index (χ4v) is 3.32. The van der Waals surface area contributed by atoms with Crippen molar-refractivity contribution >= 4 is 36.1 Å². The van der Waals surface area contributed by atoms with E-state index in [2.05, 4.69) is 13.3 Å². The summed E-state index contributed by atoms with van der Waals surface area (Å²) >= 11 is -0.353. The second kappa shape index (κ2) is 6.74. The molecule has 0 aromatic heterocycles. The van der Waals surface area contributed by atoms with Crippen LogP contribution < -0.4 is 15.2 Å². The van der Waals surface area contributed by atoms with Crippen LogP contribution in [0.4, 0.5) is 11.4 Å². The molecular formula is C13H18IN5O2. The van der Waals surface area contributed by atoms with Crippen molar-refractivity contribution in [2.45, 2.75) is 0 Å². The monoisotopic (exact) mass is 403 g/mol. The summed E-state index contributed by atoms with van der Waals surface area (Å²) in [6.45, 7) is 0. The highest BCUT2D eigenvalue weighted by Crippen LogP contribution is 2.36. The number of nitrogen functional groups attached to an aromatic ring is 1. The highest BCUT2D eigenvalue weighted by molar-refractivity contribution is 14.2. The molecule has 0 saturated carbocycles. The minimum atomic E-state index is -0.353. The summed E-state index contributed by atoms with van der Waals surface area (Å²) in [4.78, 5) is 1.97. The summed E-state index contributed by atoms with van der Waals surface area (Å²) < 4.78 is 13.6. The van der Waals surface area contributed by atoms with E-state index in [1.54, 1.807) is 26.4 Å². The van der Waals surface area contributed by atoms with E-state index >= 15 is 0 Å². The van der Waals surface area contributed by atoms with Crippen LogP contribution in [0.25, 0.3) is 0 Å². The van der Waals surface area contributed by atoms with Crippen molar-refractivity contribution in [3.8, 4) is 11.5 Å². The van der Waals surface area contributed by atoms with Gasteiger partial charge >= 0.3 is 0 Å². The van der Waals surface area contributed by atoms with Crippen LogP contribution in [0.1, 0.15) is 0 Å². The zero-order valence-electron chi connectivity index (χ0n) is 12.4. The number of azo groups is 1. The fourth-order valence-electron chi connectivity index (χ4n) is 1.63. The van der Waals surface area contributed by atoms with Crippen LogP contribution >= 0.6 is 21.0 Å². The molecule has 0 atom stereocenters. The van der Waals surface area contributed by atoms with Gasteiger partial charge in [0.2, 0.25) is 3.76 Å². The van der Waals surface area contributed by atoms with Crippen LogP contribution in [0.3, 0.4) is 0 Å². The minimum absolute atomic E-state index is 0.353. The van der Waals surface area contributed by atoms with Crippen LogP contribution in [0, 0.1) is 0 Å². The molecule has 8 heteroatoms. The lowest BCUT2D eigenvalue weighted by Crippen LogP contribution is -2.21. The summed E-state index contributed by atoms with van der Waals surface area (Å²) in [6, 6.07) is 3.41. The molecule has 0 amide bonds. The maximum atomic E-state index is 5.85. The van der Waals surface area contributed by atoms with Crippen LogP contribution in [-0.4, -0.2) is 40.1 Å². The Morgan fingerprint density at radius 1 is 1.05 bits per heavy atom. The van der Waals surface area contributed by atoms with Crippen molar-refractivity contribution < 1.29 is 9.47 Å². The van der Waals surface area contributed by atoms with E-state index in [-0.39, 0.29) is 21.0 Å². The first-order valence-electron chi connectivity index (χ1n) is 6.14. The van der Waals surface area contributed by atoms with Gasteiger partial charge in [0.05, 0.1) is 40.9 Å². The molecule has 1 heterocycles. The maximum Gasteiger partial charge on any atom is 0.203 e. The smallest absolute Gasteiger partial charge is 0.203 e. The molecular weight excluding hydrogens is 385 g/mol. The van der Waals surface area contributed by atoms with Crippen molar-refractivity contribution in [1.29, 1.82) is 0 Å². The molecule has 1 aromatic rings. The van der Waals surface area contributed by atoms with Crippen molar-refractivity contribution in [1.82, 2.24) is 8.01 Å². The van der Waals surface area contributed by atoms with E-state index in [0.29, 0.717) is 22.9 Å². The van der Waals surface area contributed by atoms with Gasteiger partial charge in [-0.2, -0.15) is 0 Å². The Hall–Kier alpha value is -1.84. The average Bonchev–Trinajstić information content (AvgIpc) is 2.48. The average molecular weight is 403 g/mol. The van der Waals surface area contributed by atoms with Crippen LogP contribution in [0.5, 0.6) is 11.5 Å². The third-order valence-corrected chi connectivity index (χ3v) is 5.26. The Morgan fingerprint density at radius 3 is 2.43 bits per heavy atom. The largest absolute Gasteiger partial charge is 0.495 e. The van der Waals surface area contributed by atoms with Gasteiger partial charge in [0, 0.05) is 38.6 Å². The van der Waals surface area contributed by atoms with Gasteiger partial charge < -0.3 is 23.2 Å². The van der Waals surface area contributed by atoms with Crippen molar-refractivity contribution in [2.24, 2.45) is 10.2 Å². The molecule has 0 aliphatic carbocycles. The predicted molar refractivity (Wildman–Crippen MR) is 92.2 cm³/mol. The molecule has 114 valence electrons. The summed E-state index contributed by atoms with van der Waals surface area (Å²) in [5.41, 5.74) is 6.95. The number of benzene rings is 1. The highest BCUT2D eigenvalue weighted by Gasteiger charge is 2.11. The zero-order valence-corrected chi connectivity index (χ0v) is 14.5. The number of halogens is 1. The molecule has 7 nitrogen and oxygen atoms in total. The summed E-state index contributed by atoms with van der Waals surface area (Å²) in [7, 11) is 7.12. The van der Waals surface area contributed by atoms with E-state index in [1.807, 2.05) is 31.4 Å². The fraction of sp³-hybridized carbons (Fsp3) is 0.308. The van der Waals surface area contributed by atoms with E-state index in [0.717, 1.165) is 3.76 Å². The molecule has 1 aliphatic rings. The number of nitrogens with two attached hydrogens (primary N) is 1. The van der Waals surface area contributed by atoms with Gasteiger partial charge in [-0.25, -0.2) is 0 Å². The summed E-state index contributed by atoms with van der Waals surface area (Å²) in [6.07, 6.45) is 3.98. The van der Waals surface area contributed by atoms with Gasteiger partial charge in [0.15, 0.2) is 0 Å². The quantitative estimate of drug-likeness (QED) is 0.362. The number of nitrogens with zero attached hydrogens (tertiary/aromatic N) is 4. The highest BCUT2D eigenvalue weighted by atomic mass is 127. The molecule has 0 bridgehead atoms. The van der Waals surface area contributed by atoms with E-state index in [9.17, 15) is 0 Å². The molecule has 0 fully saturated rings. The molecule has 0 unspecified atom stereocenters. The van der Waals surface area contributed by atoms with Gasteiger partial charge in [0.25, 0.3) is 0 Å². The molecule has 1 aliphatic heterocycles. The molecule has 2 rings (SSSR count). The molecule has 21 heavy (non-hydrogen) atoms. The van der Waals surface area contributed by atoms with E-state index < -0.39 is 0 Å². The first kappa shape index (κ1) is 15.5. The zero-order chi connectivity index (χ0) is 15.4. The van der Waals surface area contributed by atoms with Crippen LogP contribution in [0.2, 0.25) is 0 Å². The van der Waals surface area contributed by atoms with E-state index in [1.165, 1.54) is 0 Å². The molecule has 0 saturated heterocycles. The van der Waals surface area contributed by atoms with Gasteiger partial charge in [0.1, 0.15) is 17.2 Å². The molecule has 2 N–H and O–H groups in total. The Bertz CT molecular complexity index is 615. The standard InChI is InChI=1S/C13H18IN5O2/c1-18-5-6-19(2)14-13(18)17-16-10-8-11(20-3)9(15)7-12(10)21-4/h5-8H,15H2,1-4H3. The van der Waals surface area contributed by atoms with Gasteiger partial charge in [-0.1, -0.05) is 0 Å². The van der Waals surface area contributed by atoms with Gasteiger partial charge in [-0.3, -0.25) is 0 Å². The third kappa shape index (κ3) is 3.63. The lowest BCUT2D eigenvalue weighted by Gasteiger charge is -2.20. The second-order valence-electron chi connectivity index (χ2n) is 4.25. The summed E-state index contributed by atoms with van der Waals surface area (Å²) in [5, 5.41) is 8.63. The minimum Gasteiger partial charge on any atom is -0.495 e. The van der Waals surface area contributed by atoms with Crippen molar-refractivity contribution in [3.05, 3.63) is 24.5 Å². The lowest BCUT2D eigenvalue weighted by atomic mass is 10.2. The van der Waals surface area contributed by atoms with Crippen LogP contribution in [-0.2, 0) is 0 Å². The molecule has 0 radical (unpaired) electrons. The molecule has 1 aromatic carbocycles. The number of methoxy groups -OCH3 is 2. The second-order valence-corrected chi connectivity index (χ2v) is 7.22. The first-order chi connectivity index (χ1) is 10.0. The number of hydrogen-bond donors (Lipinski definition) is 1. The van der Waals surface area contributed by atoms with Gasteiger partial charge in [-0.15, -0.1) is 10.2 Å². The van der Waals surface area contributed by atoms with Crippen molar-refractivity contribution in [3.63, 3.8) is 0 Å². The lowest BCUT2D eigenvalue weighted by molar-refractivity contribution is 0.406. The Kier molecular flexibility index (Phi) is 4.99. The van der Waals surface area contributed by atoms with Crippen molar-refractivity contribution in [2.75, 3.05) is 34.0 Å². The third-order valence-electron chi connectivity index (χ3n) is 2.77. The van der Waals surface area contributed by atoms with E-state index in [4.69, 9.17) is 15.2 Å². The number of anilines is 1. The number of ether oxygens (including phenoxy) is 2. The Labute approximate surface area is 134 Å². The van der Waals surface area contributed by atoms with Gasteiger partial charge in [-0.05, 0) is 0 Å². The number of rotatable bonds is 4. The predicted octanol–water partition coefficient (Wildman–Crippen LogP) is 2.69. The topological polar surface area (TPSA) is 75.7 Å². The first-order valence-corrected chi connectivity index (χ1v) is 8.18. The maximum absolute atomic E-state index is 5.85. The summed E-state index contributed by atoms with van der Waals surface area (Å²) in [5.74, 6) is 1.12.